The first-order valence-corrected chi connectivity index (χ1v) is 10.7. The molecule has 0 N–H and O–H groups in total. The number of hydrogen-bond donors (Lipinski definition) is 0. The van der Waals surface area contributed by atoms with E-state index in [-0.39, 0.29) is 5.75 Å². The highest BCUT2D eigenvalue weighted by Gasteiger charge is 2.31. The second kappa shape index (κ2) is 9.19. The standard InChI is InChI=1S/C23H34F2O/c1-3-5-16-6-8-17(9-7-16)18-10-12-19(13-11-18)20-14-21(24)23(25)22(15-20)26-4-2/h14-19H,3-13H2,1-2H3/t16-,17-,18-,19-. The van der Waals surface area contributed by atoms with Gasteiger partial charge >= 0.3 is 0 Å². The highest BCUT2D eigenvalue weighted by molar-refractivity contribution is 5.34. The van der Waals surface area contributed by atoms with Crippen LogP contribution in [0.5, 0.6) is 5.75 Å². The molecule has 0 aromatic heterocycles. The van der Waals surface area contributed by atoms with Crippen molar-refractivity contribution in [1.82, 2.24) is 0 Å². The maximum atomic E-state index is 13.9. The number of hydrogen-bond acceptors (Lipinski definition) is 1. The molecule has 2 fully saturated rings. The molecule has 0 saturated heterocycles. The molecule has 0 aliphatic heterocycles. The highest BCUT2D eigenvalue weighted by atomic mass is 19.2. The van der Waals surface area contributed by atoms with Gasteiger partial charge < -0.3 is 4.74 Å². The van der Waals surface area contributed by atoms with Gasteiger partial charge in [0.25, 0.3) is 0 Å². The van der Waals surface area contributed by atoms with Crippen molar-refractivity contribution in [2.45, 2.75) is 84.0 Å². The normalized spacial score (nSPS) is 29.5. The van der Waals surface area contributed by atoms with E-state index in [2.05, 4.69) is 6.92 Å². The zero-order chi connectivity index (χ0) is 18.5. The maximum absolute atomic E-state index is 13.9. The van der Waals surface area contributed by atoms with E-state index in [1.165, 1.54) is 57.4 Å². The minimum atomic E-state index is -0.854. The van der Waals surface area contributed by atoms with Gasteiger partial charge in [0.1, 0.15) is 0 Å². The minimum Gasteiger partial charge on any atom is -0.491 e. The van der Waals surface area contributed by atoms with Crippen LogP contribution in [0.1, 0.15) is 89.5 Å². The quantitative estimate of drug-likeness (QED) is 0.517. The molecule has 1 aromatic rings. The first kappa shape index (κ1) is 19.6. The molecule has 2 aliphatic rings. The number of halogens is 2. The SMILES string of the molecule is CCC[C@H]1CC[C@H]([C@H]2CC[C@H](c3cc(F)c(F)c(OCC)c3)CC2)CC1. The second-order valence-electron chi connectivity index (χ2n) is 8.43. The molecule has 0 heterocycles. The summed E-state index contributed by atoms with van der Waals surface area (Å²) in [4.78, 5) is 0. The largest absolute Gasteiger partial charge is 0.491 e. The lowest BCUT2D eigenvalue weighted by molar-refractivity contribution is 0.156. The van der Waals surface area contributed by atoms with Gasteiger partial charge in [0.2, 0.25) is 5.82 Å². The summed E-state index contributed by atoms with van der Waals surface area (Å²) in [6, 6.07) is 3.11. The van der Waals surface area contributed by atoms with Crippen LogP contribution >= 0.6 is 0 Å². The third-order valence-corrected chi connectivity index (χ3v) is 6.82. The Morgan fingerprint density at radius 3 is 2.08 bits per heavy atom. The van der Waals surface area contributed by atoms with Crippen LogP contribution in [0.15, 0.2) is 12.1 Å². The molecule has 0 atom stereocenters. The van der Waals surface area contributed by atoms with Crippen molar-refractivity contribution in [3.63, 3.8) is 0 Å². The molecule has 0 amide bonds. The smallest absolute Gasteiger partial charge is 0.200 e. The van der Waals surface area contributed by atoms with Gasteiger partial charge in [-0.3, -0.25) is 0 Å². The molecule has 0 unspecified atom stereocenters. The fourth-order valence-electron chi connectivity index (χ4n) is 5.36. The third-order valence-electron chi connectivity index (χ3n) is 6.82. The number of rotatable bonds is 6. The van der Waals surface area contributed by atoms with Crippen LogP contribution in [0.3, 0.4) is 0 Å². The second-order valence-corrected chi connectivity index (χ2v) is 8.43. The summed E-state index contributed by atoms with van der Waals surface area (Å²) in [5.74, 6) is 1.48. The molecule has 2 saturated carbocycles. The summed E-state index contributed by atoms with van der Waals surface area (Å²) in [6.45, 7) is 4.44. The Hall–Kier alpha value is -1.12. The van der Waals surface area contributed by atoms with Crippen LogP contribution < -0.4 is 4.74 Å². The average Bonchev–Trinajstić information content (AvgIpc) is 2.66. The van der Waals surface area contributed by atoms with Gasteiger partial charge in [-0.05, 0) is 86.8 Å². The van der Waals surface area contributed by atoms with Crippen molar-refractivity contribution < 1.29 is 13.5 Å². The van der Waals surface area contributed by atoms with E-state index >= 15 is 0 Å². The van der Waals surface area contributed by atoms with Gasteiger partial charge in [-0.2, -0.15) is 4.39 Å². The summed E-state index contributed by atoms with van der Waals surface area (Å²) in [5, 5.41) is 0. The summed E-state index contributed by atoms with van der Waals surface area (Å²) in [7, 11) is 0. The molecule has 2 aliphatic carbocycles. The van der Waals surface area contributed by atoms with E-state index in [4.69, 9.17) is 4.74 Å². The predicted molar refractivity (Wildman–Crippen MR) is 103 cm³/mol. The highest BCUT2D eigenvalue weighted by Crippen LogP contribution is 2.45. The molecule has 0 spiro atoms. The molecule has 3 heteroatoms. The molecule has 26 heavy (non-hydrogen) atoms. The summed E-state index contributed by atoms with van der Waals surface area (Å²) in [6.07, 6.45) is 13.0. The van der Waals surface area contributed by atoms with Crippen LogP contribution in [-0.4, -0.2) is 6.61 Å². The van der Waals surface area contributed by atoms with Crippen LogP contribution in [0.2, 0.25) is 0 Å². The van der Waals surface area contributed by atoms with Crippen molar-refractivity contribution >= 4 is 0 Å². The Morgan fingerprint density at radius 1 is 0.885 bits per heavy atom. The van der Waals surface area contributed by atoms with E-state index in [0.717, 1.165) is 36.2 Å². The van der Waals surface area contributed by atoms with Gasteiger partial charge in [0.15, 0.2) is 11.6 Å². The lowest BCUT2D eigenvalue weighted by Gasteiger charge is -2.38. The van der Waals surface area contributed by atoms with Crippen molar-refractivity contribution in [3.05, 3.63) is 29.3 Å². The molecule has 3 rings (SSSR count). The van der Waals surface area contributed by atoms with E-state index in [9.17, 15) is 8.78 Å². The van der Waals surface area contributed by atoms with Gasteiger partial charge in [0.05, 0.1) is 6.61 Å². The molecule has 146 valence electrons. The Labute approximate surface area is 157 Å². The van der Waals surface area contributed by atoms with Gasteiger partial charge in [-0.15, -0.1) is 0 Å². The van der Waals surface area contributed by atoms with E-state index in [1.54, 1.807) is 13.0 Å². The van der Waals surface area contributed by atoms with Crippen LogP contribution in [0, 0.1) is 29.4 Å². The van der Waals surface area contributed by atoms with Crippen LogP contribution in [-0.2, 0) is 0 Å². The first-order chi connectivity index (χ1) is 12.6. The van der Waals surface area contributed by atoms with Crippen molar-refractivity contribution in [2.75, 3.05) is 6.61 Å². The fourth-order valence-corrected chi connectivity index (χ4v) is 5.36. The monoisotopic (exact) mass is 364 g/mol. The van der Waals surface area contributed by atoms with Crippen molar-refractivity contribution in [2.24, 2.45) is 17.8 Å². The Kier molecular flexibility index (Phi) is 6.94. The summed E-state index contributed by atoms with van der Waals surface area (Å²) >= 11 is 0. The van der Waals surface area contributed by atoms with Crippen molar-refractivity contribution in [3.8, 4) is 5.75 Å². The number of ether oxygens (including phenoxy) is 1. The van der Waals surface area contributed by atoms with E-state index in [0.29, 0.717) is 12.5 Å². The Morgan fingerprint density at radius 2 is 1.50 bits per heavy atom. The van der Waals surface area contributed by atoms with Gasteiger partial charge in [-0.25, -0.2) is 4.39 Å². The Bertz CT molecular complexity index is 570. The van der Waals surface area contributed by atoms with Gasteiger partial charge in [-0.1, -0.05) is 32.6 Å². The predicted octanol–water partition coefficient (Wildman–Crippen LogP) is 7.24. The molecular weight excluding hydrogens is 330 g/mol. The van der Waals surface area contributed by atoms with Gasteiger partial charge in [0, 0.05) is 0 Å². The molecule has 0 radical (unpaired) electrons. The average molecular weight is 365 g/mol. The maximum Gasteiger partial charge on any atom is 0.200 e. The summed E-state index contributed by atoms with van der Waals surface area (Å²) in [5.41, 5.74) is 0.914. The van der Waals surface area contributed by atoms with E-state index < -0.39 is 11.6 Å². The zero-order valence-corrected chi connectivity index (χ0v) is 16.4. The number of benzene rings is 1. The van der Waals surface area contributed by atoms with E-state index in [1.807, 2.05) is 0 Å². The molecular formula is C23H34F2O. The third kappa shape index (κ3) is 4.58. The summed E-state index contributed by atoms with van der Waals surface area (Å²) < 4.78 is 33.0. The first-order valence-electron chi connectivity index (χ1n) is 10.7. The topological polar surface area (TPSA) is 9.23 Å². The van der Waals surface area contributed by atoms with Crippen LogP contribution in [0.4, 0.5) is 8.78 Å². The molecule has 1 nitrogen and oxygen atoms in total. The molecule has 0 bridgehead atoms. The lowest BCUT2D eigenvalue weighted by Crippen LogP contribution is -2.25. The Balaban J connectivity index is 1.56. The van der Waals surface area contributed by atoms with Crippen molar-refractivity contribution in [1.29, 1.82) is 0 Å². The lowest BCUT2D eigenvalue weighted by atomic mass is 9.68. The minimum absolute atomic E-state index is 0.0684. The molecule has 1 aromatic carbocycles. The zero-order valence-electron chi connectivity index (χ0n) is 16.4. The van der Waals surface area contributed by atoms with Crippen LogP contribution in [0.25, 0.3) is 0 Å². The fraction of sp³-hybridized carbons (Fsp3) is 0.739.